The van der Waals surface area contributed by atoms with E-state index in [4.69, 9.17) is 0 Å². The first-order chi connectivity index (χ1) is 7.16. The standard InChI is InChI=1S/C13H17FN.Y/c1-10-9-15(2)8-7-13(10)11-3-5-12(14)6-4-11;/h3-6,10,13H,1,7-9H2,2H3;/q-1;. The zero-order valence-corrected chi connectivity index (χ0v) is 12.5. The van der Waals surface area contributed by atoms with Crippen molar-refractivity contribution in [3.05, 3.63) is 42.6 Å². The van der Waals surface area contributed by atoms with Crippen LogP contribution in [0, 0.1) is 18.7 Å². The fourth-order valence-corrected chi connectivity index (χ4v) is 2.36. The Morgan fingerprint density at radius 3 is 2.50 bits per heavy atom. The Morgan fingerprint density at radius 1 is 1.31 bits per heavy atom. The van der Waals surface area contributed by atoms with Gasteiger partial charge in [-0.05, 0) is 50.2 Å². The zero-order valence-electron chi connectivity index (χ0n) is 9.70. The summed E-state index contributed by atoms with van der Waals surface area (Å²) in [6.45, 7) is 6.33. The van der Waals surface area contributed by atoms with Crippen LogP contribution in [0.1, 0.15) is 17.9 Å². The third kappa shape index (κ3) is 3.35. The molecule has 1 nitrogen and oxygen atoms in total. The minimum Gasteiger partial charge on any atom is -0.338 e. The van der Waals surface area contributed by atoms with E-state index in [-0.39, 0.29) is 38.5 Å². The van der Waals surface area contributed by atoms with Gasteiger partial charge in [0.2, 0.25) is 0 Å². The van der Waals surface area contributed by atoms with Gasteiger partial charge in [0.15, 0.2) is 0 Å². The molecule has 2 rings (SSSR count). The number of rotatable bonds is 1. The van der Waals surface area contributed by atoms with E-state index in [0.29, 0.717) is 11.8 Å². The van der Waals surface area contributed by atoms with Gasteiger partial charge in [-0.25, -0.2) is 4.39 Å². The molecule has 0 aromatic heterocycles. The summed E-state index contributed by atoms with van der Waals surface area (Å²) in [5, 5.41) is 0. The fourth-order valence-electron chi connectivity index (χ4n) is 2.36. The molecule has 1 aliphatic rings. The van der Waals surface area contributed by atoms with E-state index in [9.17, 15) is 4.39 Å². The van der Waals surface area contributed by atoms with Gasteiger partial charge in [-0.15, -0.1) is 5.92 Å². The van der Waals surface area contributed by atoms with Crippen LogP contribution in [-0.2, 0) is 32.7 Å². The van der Waals surface area contributed by atoms with Crippen molar-refractivity contribution in [3.8, 4) is 0 Å². The summed E-state index contributed by atoms with van der Waals surface area (Å²) in [6, 6.07) is 6.87. The van der Waals surface area contributed by atoms with Gasteiger partial charge >= 0.3 is 0 Å². The quantitative estimate of drug-likeness (QED) is 0.720. The van der Waals surface area contributed by atoms with Crippen LogP contribution in [0.2, 0.25) is 0 Å². The SMILES string of the molecule is [CH2-]C1CN(C)CCC1c1ccc(F)cc1.[Y]. The molecule has 0 spiro atoms. The molecule has 1 aliphatic heterocycles. The van der Waals surface area contributed by atoms with Gasteiger partial charge in [0.25, 0.3) is 0 Å². The van der Waals surface area contributed by atoms with E-state index in [1.165, 1.54) is 5.56 Å². The van der Waals surface area contributed by atoms with E-state index in [1.807, 2.05) is 12.1 Å². The third-order valence-electron chi connectivity index (χ3n) is 3.24. The summed E-state index contributed by atoms with van der Waals surface area (Å²) in [5.74, 6) is 0.739. The number of piperidine rings is 1. The van der Waals surface area contributed by atoms with Crippen molar-refractivity contribution in [3.63, 3.8) is 0 Å². The van der Waals surface area contributed by atoms with Crippen molar-refractivity contribution in [1.29, 1.82) is 0 Å². The van der Waals surface area contributed by atoms with Crippen molar-refractivity contribution >= 4 is 0 Å². The molecule has 0 amide bonds. The van der Waals surface area contributed by atoms with Crippen LogP contribution in [-0.4, -0.2) is 25.0 Å². The third-order valence-corrected chi connectivity index (χ3v) is 3.24. The topological polar surface area (TPSA) is 3.24 Å². The largest absolute Gasteiger partial charge is 0.338 e. The molecule has 2 unspecified atom stereocenters. The van der Waals surface area contributed by atoms with Gasteiger partial charge in [-0.2, -0.15) is 0 Å². The van der Waals surface area contributed by atoms with Crippen LogP contribution in [0.15, 0.2) is 24.3 Å². The average molecular weight is 295 g/mol. The van der Waals surface area contributed by atoms with Crippen molar-refractivity contribution in [2.45, 2.75) is 12.3 Å². The monoisotopic (exact) mass is 295 g/mol. The van der Waals surface area contributed by atoms with Crippen LogP contribution in [0.25, 0.3) is 0 Å². The molecular weight excluding hydrogens is 278 g/mol. The normalized spacial score (nSPS) is 26.2. The molecule has 1 heterocycles. The molecule has 16 heavy (non-hydrogen) atoms. The average Bonchev–Trinajstić information content (AvgIpc) is 2.20. The van der Waals surface area contributed by atoms with Crippen molar-refractivity contribution in [2.75, 3.05) is 20.1 Å². The summed E-state index contributed by atoms with van der Waals surface area (Å²) in [4.78, 5) is 2.30. The molecule has 2 atom stereocenters. The summed E-state index contributed by atoms with van der Waals surface area (Å²) >= 11 is 0. The van der Waals surface area contributed by atoms with Crippen molar-refractivity contribution in [1.82, 2.24) is 4.90 Å². The van der Waals surface area contributed by atoms with E-state index in [1.54, 1.807) is 12.1 Å². The first-order valence-electron chi connectivity index (χ1n) is 5.44. The Kier molecular flexibility index (Phi) is 5.56. The van der Waals surface area contributed by atoms with Gasteiger partial charge in [0.1, 0.15) is 5.82 Å². The first kappa shape index (κ1) is 14.3. The Hall–Kier alpha value is 0.214. The molecule has 0 aliphatic carbocycles. The molecule has 85 valence electrons. The predicted molar refractivity (Wildman–Crippen MR) is 60.1 cm³/mol. The molecule has 1 saturated heterocycles. The number of nitrogens with zero attached hydrogens (tertiary/aromatic N) is 1. The summed E-state index contributed by atoms with van der Waals surface area (Å²) in [6.07, 6.45) is 1.12. The summed E-state index contributed by atoms with van der Waals surface area (Å²) < 4.78 is 12.8. The number of hydrogen-bond acceptors (Lipinski definition) is 1. The minimum atomic E-state index is -0.160. The Balaban J connectivity index is 0.00000128. The molecular formula is C13H17FNY-. The molecule has 1 radical (unpaired) electrons. The Morgan fingerprint density at radius 2 is 1.94 bits per heavy atom. The maximum Gasteiger partial charge on any atom is 0.123 e. The van der Waals surface area contributed by atoms with E-state index in [2.05, 4.69) is 18.9 Å². The molecule has 3 heteroatoms. The smallest absolute Gasteiger partial charge is 0.123 e. The number of likely N-dealkylation sites (tertiary alicyclic amines) is 1. The van der Waals surface area contributed by atoms with Gasteiger partial charge in [0.05, 0.1) is 0 Å². The Labute approximate surface area is 122 Å². The number of benzene rings is 1. The second kappa shape index (κ2) is 6.23. The zero-order chi connectivity index (χ0) is 10.8. The van der Waals surface area contributed by atoms with E-state index in [0.717, 1.165) is 19.5 Å². The summed E-state index contributed by atoms with van der Waals surface area (Å²) in [7, 11) is 2.12. The maximum absolute atomic E-state index is 12.8. The maximum atomic E-state index is 12.8. The van der Waals surface area contributed by atoms with Gasteiger partial charge in [-0.1, -0.05) is 12.1 Å². The molecule has 0 N–H and O–H groups in total. The predicted octanol–water partition coefficient (Wildman–Crippen LogP) is 2.69. The van der Waals surface area contributed by atoms with Crippen molar-refractivity contribution in [2.24, 2.45) is 5.92 Å². The van der Waals surface area contributed by atoms with Crippen LogP contribution in [0.4, 0.5) is 4.39 Å². The van der Waals surface area contributed by atoms with E-state index >= 15 is 0 Å². The fraction of sp³-hybridized carbons (Fsp3) is 0.462. The second-order valence-corrected chi connectivity index (χ2v) is 4.47. The Bertz CT molecular complexity index is 325. The number of halogens is 1. The molecule has 1 aromatic carbocycles. The van der Waals surface area contributed by atoms with Crippen LogP contribution >= 0.6 is 0 Å². The second-order valence-electron chi connectivity index (χ2n) is 4.47. The van der Waals surface area contributed by atoms with Crippen LogP contribution in [0.5, 0.6) is 0 Å². The number of hydrogen-bond donors (Lipinski definition) is 0. The molecule has 1 aromatic rings. The van der Waals surface area contributed by atoms with Crippen molar-refractivity contribution < 1.29 is 37.1 Å². The van der Waals surface area contributed by atoms with E-state index < -0.39 is 0 Å². The molecule has 0 bridgehead atoms. The minimum absolute atomic E-state index is 0. The molecule has 1 fully saturated rings. The first-order valence-corrected chi connectivity index (χ1v) is 5.44. The van der Waals surface area contributed by atoms with Gasteiger partial charge in [-0.3, -0.25) is 0 Å². The van der Waals surface area contributed by atoms with Gasteiger partial charge < -0.3 is 11.8 Å². The summed E-state index contributed by atoms with van der Waals surface area (Å²) in [5.41, 5.74) is 1.23. The van der Waals surface area contributed by atoms with Crippen LogP contribution in [0.3, 0.4) is 0 Å². The van der Waals surface area contributed by atoms with Crippen LogP contribution < -0.4 is 0 Å². The van der Waals surface area contributed by atoms with Gasteiger partial charge in [0, 0.05) is 32.7 Å². The molecule has 0 saturated carbocycles.